The second-order valence-corrected chi connectivity index (χ2v) is 5.03. The monoisotopic (exact) mass is 225 g/mol. The first kappa shape index (κ1) is 10.8. The molecule has 1 fully saturated rings. The highest BCUT2D eigenvalue weighted by Crippen LogP contribution is 2.37. The Morgan fingerprint density at radius 1 is 1.06 bits per heavy atom. The molecule has 0 atom stereocenters. The lowest BCUT2D eigenvalue weighted by molar-refractivity contribution is 0.296. The standard InChI is InChI=1S/C16H19N/c1-2-17-16-10-15(11-16)14-8-7-12-5-3-4-6-13(12)9-14/h3-9,15-17H,2,10-11H2,1H3. The molecule has 88 valence electrons. The van der Waals surface area contributed by atoms with Crippen molar-refractivity contribution < 1.29 is 0 Å². The van der Waals surface area contributed by atoms with Gasteiger partial charge in [0.15, 0.2) is 0 Å². The van der Waals surface area contributed by atoms with Crippen molar-refractivity contribution in [3.8, 4) is 0 Å². The van der Waals surface area contributed by atoms with Gasteiger partial charge in [0.2, 0.25) is 0 Å². The molecule has 0 saturated heterocycles. The van der Waals surface area contributed by atoms with Crippen LogP contribution in [-0.2, 0) is 0 Å². The Morgan fingerprint density at radius 3 is 2.59 bits per heavy atom. The Kier molecular flexibility index (Phi) is 2.86. The Morgan fingerprint density at radius 2 is 1.82 bits per heavy atom. The highest BCUT2D eigenvalue weighted by molar-refractivity contribution is 5.83. The van der Waals surface area contributed by atoms with Gasteiger partial charge in [-0.2, -0.15) is 0 Å². The molecule has 0 unspecified atom stereocenters. The van der Waals surface area contributed by atoms with Crippen LogP contribution < -0.4 is 5.32 Å². The van der Waals surface area contributed by atoms with E-state index in [9.17, 15) is 0 Å². The first-order valence-corrected chi connectivity index (χ1v) is 6.59. The lowest BCUT2D eigenvalue weighted by Crippen LogP contribution is -2.39. The number of rotatable bonds is 3. The molecule has 1 saturated carbocycles. The average molecular weight is 225 g/mol. The molecular weight excluding hydrogens is 206 g/mol. The molecule has 17 heavy (non-hydrogen) atoms. The van der Waals surface area contributed by atoms with Crippen molar-refractivity contribution in [3.05, 3.63) is 48.0 Å². The second kappa shape index (κ2) is 4.50. The Labute approximate surface area is 103 Å². The zero-order valence-electron chi connectivity index (χ0n) is 10.3. The first-order chi connectivity index (χ1) is 8.36. The van der Waals surface area contributed by atoms with Gasteiger partial charge in [-0.25, -0.2) is 0 Å². The van der Waals surface area contributed by atoms with E-state index < -0.39 is 0 Å². The molecule has 1 N–H and O–H groups in total. The lowest BCUT2D eigenvalue weighted by Gasteiger charge is -2.36. The summed E-state index contributed by atoms with van der Waals surface area (Å²) in [7, 11) is 0. The summed E-state index contributed by atoms with van der Waals surface area (Å²) in [6.45, 7) is 3.28. The number of nitrogens with one attached hydrogen (secondary N) is 1. The van der Waals surface area contributed by atoms with Crippen molar-refractivity contribution in [1.29, 1.82) is 0 Å². The number of benzene rings is 2. The van der Waals surface area contributed by atoms with Gasteiger partial charge in [-0.3, -0.25) is 0 Å². The minimum atomic E-state index is 0.747. The molecule has 1 nitrogen and oxygen atoms in total. The van der Waals surface area contributed by atoms with Gasteiger partial charge in [0, 0.05) is 6.04 Å². The molecule has 1 aliphatic carbocycles. The molecule has 0 amide bonds. The van der Waals surface area contributed by atoms with Crippen LogP contribution in [0.1, 0.15) is 31.2 Å². The Hall–Kier alpha value is -1.34. The van der Waals surface area contributed by atoms with E-state index in [2.05, 4.69) is 54.7 Å². The maximum absolute atomic E-state index is 3.52. The second-order valence-electron chi connectivity index (χ2n) is 5.03. The zero-order chi connectivity index (χ0) is 11.7. The fourth-order valence-electron chi connectivity index (χ4n) is 2.81. The predicted molar refractivity (Wildman–Crippen MR) is 73.4 cm³/mol. The predicted octanol–water partition coefficient (Wildman–Crippen LogP) is 3.70. The minimum Gasteiger partial charge on any atom is -0.314 e. The van der Waals surface area contributed by atoms with Gasteiger partial charge in [0.05, 0.1) is 0 Å². The van der Waals surface area contributed by atoms with Crippen LogP contribution in [0.5, 0.6) is 0 Å². The van der Waals surface area contributed by atoms with Crippen LogP contribution in [0.4, 0.5) is 0 Å². The fraction of sp³-hybridized carbons (Fsp3) is 0.375. The summed E-state index contributed by atoms with van der Waals surface area (Å²) in [5.41, 5.74) is 1.51. The summed E-state index contributed by atoms with van der Waals surface area (Å²) in [5, 5.41) is 6.24. The molecule has 0 heterocycles. The van der Waals surface area contributed by atoms with Crippen LogP contribution in [0.15, 0.2) is 42.5 Å². The molecule has 1 heteroatoms. The smallest absolute Gasteiger partial charge is 0.00786 e. The van der Waals surface area contributed by atoms with Crippen LogP contribution >= 0.6 is 0 Å². The molecule has 2 aromatic carbocycles. The maximum Gasteiger partial charge on any atom is 0.00786 e. The SMILES string of the molecule is CCNC1CC(c2ccc3ccccc3c2)C1. The van der Waals surface area contributed by atoms with Crippen molar-refractivity contribution in [2.45, 2.75) is 31.7 Å². The van der Waals surface area contributed by atoms with Crippen molar-refractivity contribution in [2.24, 2.45) is 0 Å². The average Bonchev–Trinajstić information content (AvgIpc) is 2.33. The summed E-state index contributed by atoms with van der Waals surface area (Å²) in [5.74, 6) is 0.767. The highest BCUT2D eigenvalue weighted by Gasteiger charge is 2.29. The largest absolute Gasteiger partial charge is 0.314 e. The molecule has 2 aromatic rings. The summed E-state index contributed by atoms with van der Waals surface area (Å²) >= 11 is 0. The van der Waals surface area contributed by atoms with Gasteiger partial charge in [-0.05, 0) is 41.6 Å². The normalized spacial score (nSPS) is 23.6. The van der Waals surface area contributed by atoms with Crippen molar-refractivity contribution in [1.82, 2.24) is 5.32 Å². The van der Waals surface area contributed by atoms with Crippen molar-refractivity contribution >= 4 is 10.8 Å². The molecular formula is C16H19N. The van der Waals surface area contributed by atoms with E-state index in [1.807, 2.05) is 0 Å². The molecule has 3 rings (SSSR count). The Bertz CT molecular complexity index is 512. The molecule has 0 aromatic heterocycles. The van der Waals surface area contributed by atoms with Crippen LogP contribution in [0, 0.1) is 0 Å². The molecule has 0 bridgehead atoms. The number of fused-ring (bicyclic) bond motifs is 1. The molecule has 0 aliphatic heterocycles. The van der Waals surface area contributed by atoms with Gasteiger partial charge in [0.1, 0.15) is 0 Å². The third-order valence-corrected chi connectivity index (χ3v) is 3.88. The van der Waals surface area contributed by atoms with Crippen molar-refractivity contribution in [3.63, 3.8) is 0 Å². The lowest BCUT2D eigenvalue weighted by atomic mass is 9.75. The van der Waals surface area contributed by atoms with Gasteiger partial charge in [0.25, 0.3) is 0 Å². The highest BCUT2D eigenvalue weighted by atomic mass is 14.9. The van der Waals surface area contributed by atoms with Crippen LogP contribution in [0.3, 0.4) is 0 Å². The van der Waals surface area contributed by atoms with E-state index in [0.29, 0.717) is 0 Å². The van der Waals surface area contributed by atoms with E-state index in [4.69, 9.17) is 0 Å². The topological polar surface area (TPSA) is 12.0 Å². The minimum absolute atomic E-state index is 0.747. The summed E-state index contributed by atoms with van der Waals surface area (Å²) in [4.78, 5) is 0. The van der Waals surface area contributed by atoms with Gasteiger partial charge in [-0.1, -0.05) is 49.4 Å². The van der Waals surface area contributed by atoms with Gasteiger partial charge >= 0.3 is 0 Å². The van der Waals surface area contributed by atoms with E-state index in [1.54, 1.807) is 0 Å². The van der Waals surface area contributed by atoms with Crippen LogP contribution in [0.25, 0.3) is 10.8 Å². The first-order valence-electron chi connectivity index (χ1n) is 6.59. The summed E-state index contributed by atoms with van der Waals surface area (Å²) in [6, 6.07) is 16.3. The zero-order valence-corrected chi connectivity index (χ0v) is 10.3. The van der Waals surface area contributed by atoms with E-state index in [1.165, 1.54) is 29.2 Å². The van der Waals surface area contributed by atoms with E-state index in [-0.39, 0.29) is 0 Å². The van der Waals surface area contributed by atoms with Gasteiger partial charge in [-0.15, -0.1) is 0 Å². The van der Waals surface area contributed by atoms with E-state index in [0.717, 1.165) is 18.5 Å². The van der Waals surface area contributed by atoms with Crippen LogP contribution in [-0.4, -0.2) is 12.6 Å². The van der Waals surface area contributed by atoms with Crippen LogP contribution in [0.2, 0.25) is 0 Å². The molecule has 0 spiro atoms. The number of hydrogen-bond acceptors (Lipinski definition) is 1. The third-order valence-electron chi connectivity index (χ3n) is 3.88. The quantitative estimate of drug-likeness (QED) is 0.840. The fourth-order valence-corrected chi connectivity index (χ4v) is 2.81. The van der Waals surface area contributed by atoms with Crippen molar-refractivity contribution in [2.75, 3.05) is 6.54 Å². The van der Waals surface area contributed by atoms with Gasteiger partial charge < -0.3 is 5.32 Å². The maximum atomic E-state index is 3.52. The molecule has 0 radical (unpaired) electrons. The summed E-state index contributed by atoms with van der Waals surface area (Å²) < 4.78 is 0. The molecule has 1 aliphatic rings. The Balaban J connectivity index is 1.78. The summed E-state index contributed by atoms with van der Waals surface area (Å²) in [6.07, 6.45) is 2.60. The number of hydrogen-bond donors (Lipinski definition) is 1. The third kappa shape index (κ3) is 2.07. The van der Waals surface area contributed by atoms with E-state index >= 15 is 0 Å².